The van der Waals surface area contributed by atoms with Crippen LogP contribution in [0.25, 0.3) is 0 Å². The van der Waals surface area contributed by atoms with E-state index in [0.29, 0.717) is 17.7 Å². The Morgan fingerprint density at radius 3 is 2.04 bits per heavy atom. The number of rotatable bonds is 8. The first-order chi connectivity index (χ1) is 13.3. The molecule has 1 unspecified atom stereocenters. The molecule has 0 radical (unpaired) electrons. The summed E-state index contributed by atoms with van der Waals surface area (Å²) in [5.74, 6) is -0.623. The summed E-state index contributed by atoms with van der Waals surface area (Å²) in [6.45, 7) is 14.8. The average Bonchev–Trinajstić information content (AvgIpc) is 2.70. The van der Waals surface area contributed by atoms with Gasteiger partial charge in [0.2, 0.25) is 5.60 Å². The molecule has 28 heavy (non-hydrogen) atoms. The van der Waals surface area contributed by atoms with Gasteiger partial charge in [-0.2, -0.15) is 0 Å². The molecule has 2 rings (SSSR count). The number of aliphatic hydroxyl groups is 1. The molecule has 0 saturated heterocycles. The second-order valence-electron chi connectivity index (χ2n) is 7.37. The molecule has 0 spiro atoms. The smallest absolute Gasteiger partial charge is 0.347 e. The maximum atomic E-state index is 13.3. The van der Waals surface area contributed by atoms with Crippen LogP contribution in [0.15, 0.2) is 36.4 Å². The third kappa shape index (κ3) is 4.29. The predicted octanol–water partition coefficient (Wildman–Crippen LogP) is 4.04. The fraction of sp³-hybridized carbons (Fsp3) is 0.458. The van der Waals surface area contributed by atoms with Crippen LogP contribution in [0.5, 0.6) is 0 Å². The van der Waals surface area contributed by atoms with E-state index in [0.717, 1.165) is 35.3 Å². The number of carbonyl (C=O) groups is 1. The first kappa shape index (κ1) is 22.1. The molecular weight excluding hydrogens is 350 g/mol. The third-order valence-corrected chi connectivity index (χ3v) is 5.75. The molecule has 1 N–H and O–H groups in total. The van der Waals surface area contributed by atoms with E-state index in [1.807, 2.05) is 45.9 Å². The Bertz CT molecular complexity index is 786. The summed E-state index contributed by atoms with van der Waals surface area (Å²) in [6.07, 6.45) is 0. The van der Waals surface area contributed by atoms with Crippen molar-refractivity contribution in [1.82, 2.24) is 4.90 Å². The van der Waals surface area contributed by atoms with Gasteiger partial charge in [0.25, 0.3) is 0 Å². The van der Waals surface area contributed by atoms with E-state index in [2.05, 4.69) is 24.8 Å². The van der Waals surface area contributed by atoms with Crippen LogP contribution in [0, 0.1) is 27.7 Å². The fourth-order valence-corrected chi connectivity index (χ4v) is 3.71. The number of ether oxygens (including phenoxy) is 1. The number of aryl methyl sites for hydroxylation is 2. The largest absolute Gasteiger partial charge is 0.462 e. The molecule has 0 aliphatic rings. The zero-order chi connectivity index (χ0) is 20.9. The van der Waals surface area contributed by atoms with Crippen LogP contribution in [-0.4, -0.2) is 42.2 Å². The molecule has 0 aliphatic heterocycles. The first-order valence-corrected chi connectivity index (χ1v) is 10.0. The van der Waals surface area contributed by atoms with Crippen molar-refractivity contribution in [1.29, 1.82) is 0 Å². The molecule has 1 atom stereocenters. The Kier molecular flexibility index (Phi) is 7.39. The highest BCUT2D eigenvalue weighted by Crippen LogP contribution is 2.37. The number of benzene rings is 2. The van der Waals surface area contributed by atoms with Gasteiger partial charge >= 0.3 is 5.97 Å². The minimum absolute atomic E-state index is 0.249. The van der Waals surface area contributed by atoms with Crippen LogP contribution >= 0.6 is 0 Å². The maximum Gasteiger partial charge on any atom is 0.347 e. The third-order valence-electron chi connectivity index (χ3n) is 5.75. The molecule has 152 valence electrons. The topological polar surface area (TPSA) is 49.8 Å². The highest BCUT2D eigenvalue weighted by atomic mass is 16.5. The monoisotopic (exact) mass is 383 g/mol. The van der Waals surface area contributed by atoms with E-state index < -0.39 is 11.6 Å². The lowest BCUT2D eigenvalue weighted by Crippen LogP contribution is -2.41. The minimum Gasteiger partial charge on any atom is -0.462 e. The van der Waals surface area contributed by atoms with E-state index in [-0.39, 0.29) is 6.61 Å². The van der Waals surface area contributed by atoms with Crippen LogP contribution in [0.2, 0.25) is 0 Å². The van der Waals surface area contributed by atoms with Gasteiger partial charge < -0.3 is 14.7 Å². The molecular formula is C24H33NO3. The summed E-state index contributed by atoms with van der Waals surface area (Å²) in [5, 5.41) is 11.8. The second-order valence-corrected chi connectivity index (χ2v) is 7.37. The summed E-state index contributed by atoms with van der Waals surface area (Å²) in [6, 6.07) is 11.2. The number of carbonyl (C=O) groups excluding carboxylic acids is 1. The van der Waals surface area contributed by atoms with E-state index >= 15 is 0 Å². The summed E-state index contributed by atoms with van der Waals surface area (Å²) in [5.41, 5.74) is 3.23. The minimum atomic E-state index is -1.84. The van der Waals surface area contributed by atoms with Gasteiger partial charge in [-0.1, -0.05) is 50.2 Å². The quantitative estimate of drug-likeness (QED) is 0.699. The fourth-order valence-electron chi connectivity index (χ4n) is 3.71. The molecule has 2 aromatic rings. The van der Waals surface area contributed by atoms with Crippen molar-refractivity contribution in [3.05, 3.63) is 69.8 Å². The molecule has 0 fully saturated rings. The van der Waals surface area contributed by atoms with Gasteiger partial charge in [0, 0.05) is 12.1 Å². The van der Waals surface area contributed by atoms with Crippen LogP contribution in [-0.2, 0) is 15.1 Å². The standard InChI is InChI=1S/C24H33NO3/c1-7-25(8-2)14-15-28-23(26)24(27,21-12-10-9-11-13-21)22-19(5)17(3)16-18(4)20(22)6/h9-13,16,27H,7-8,14-15H2,1-6H3. The summed E-state index contributed by atoms with van der Waals surface area (Å²) in [4.78, 5) is 15.4. The van der Waals surface area contributed by atoms with Crippen molar-refractivity contribution in [3.63, 3.8) is 0 Å². The molecule has 4 heteroatoms. The molecule has 0 amide bonds. The van der Waals surface area contributed by atoms with Crippen LogP contribution in [0.4, 0.5) is 0 Å². The van der Waals surface area contributed by atoms with Crippen LogP contribution < -0.4 is 0 Å². The molecule has 0 heterocycles. The Balaban J connectivity index is 2.51. The Morgan fingerprint density at radius 1 is 1.00 bits per heavy atom. The highest BCUT2D eigenvalue weighted by molar-refractivity contribution is 5.87. The molecule has 0 aromatic heterocycles. The van der Waals surface area contributed by atoms with Crippen molar-refractivity contribution in [3.8, 4) is 0 Å². The zero-order valence-corrected chi connectivity index (χ0v) is 18.0. The van der Waals surface area contributed by atoms with Gasteiger partial charge in [0.15, 0.2) is 0 Å². The van der Waals surface area contributed by atoms with Gasteiger partial charge in [-0.3, -0.25) is 0 Å². The molecule has 0 bridgehead atoms. The van der Waals surface area contributed by atoms with Crippen molar-refractivity contribution in [2.45, 2.75) is 47.1 Å². The lowest BCUT2D eigenvalue weighted by atomic mass is 9.79. The van der Waals surface area contributed by atoms with Gasteiger partial charge in [-0.15, -0.1) is 0 Å². The predicted molar refractivity (Wildman–Crippen MR) is 114 cm³/mol. The SMILES string of the molecule is CCN(CC)CCOC(=O)C(O)(c1ccccc1)c1c(C)c(C)cc(C)c1C. The van der Waals surface area contributed by atoms with E-state index in [1.165, 1.54) is 0 Å². The summed E-state index contributed by atoms with van der Waals surface area (Å²) >= 11 is 0. The van der Waals surface area contributed by atoms with Crippen LogP contribution in [0.3, 0.4) is 0 Å². The highest BCUT2D eigenvalue weighted by Gasteiger charge is 2.44. The van der Waals surface area contributed by atoms with E-state index in [9.17, 15) is 9.90 Å². The van der Waals surface area contributed by atoms with Crippen molar-refractivity contribution in [2.75, 3.05) is 26.2 Å². The van der Waals surface area contributed by atoms with Gasteiger partial charge in [0.05, 0.1) is 0 Å². The lowest BCUT2D eigenvalue weighted by molar-refractivity contribution is -0.162. The normalized spacial score (nSPS) is 13.4. The first-order valence-electron chi connectivity index (χ1n) is 10.0. The average molecular weight is 384 g/mol. The number of likely N-dealkylation sites (N-methyl/N-ethyl adjacent to an activating group) is 1. The Labute approximate surface area is 169 Å². The van der Waals surface area contributed by atoms with Gasteiger partial charge in [-0.25, -0.2) is 4.79 Å². The van der Waals surface area contributed by atoms with Crippen molar-refractivity contribution < 1.29 is 14.6 Å². The zero-order valence-electron chi connectivity index (χ0n) is 18.0. The van der Waals surface area contributed by atoms with E-state index in [4.69, 9.17) is 4.74 Å². The maximum absolute atomic E-state index is 13.3. The van der Waals surface area contributed by atoms with Gasteiger partial charge in [0.1, 0.15) is 6.61 Å². The Morgan fingerprint density at radius 2 is 1.54 bits per heavy atom. The van der Waals surface area contributed by atoms with Gasteiger partial charge in [-0.05, 0) is 68.6 Å². The molecule has 2 aromatic carbocycles. The lowest BCUT2D eigenvalue weighted by Gasteiger charge is -2.31. The van der Waals surface area contributed by atoms with E-state index in [1.54, 1.807) is 12.1 Å². The number of esters is 1. The second kappa shape index (κ2) is 9.35. The summed E-state index contributed by atoms with van der Waals surface area (Å²) < 4.78 is 5.61. The molecule has 4 nitrogen and oxygen atoms in total. The molecule has 0 aliphatic carbocycles. The van der Waals surface area contributed by atoms with Crippen molar-refractivity contribution in [2.24, 2.45) is 0 Å². The summed E-state index contributed by atoms with van der Waals surface area (Å²) in [7, 11) is 0. The molecule has 0 saturated carbocycles. The van der Waals surface area contributed by atoms with Crippen molar-refractivity contribution >= 4 is 5.97 Å². The number of nitrogens with zero attached hydrogens (tertiary/aromatic N) is 1. The van der Waals surface area contributed by atoms with Crippen LogP contribution in [0.1, 0.15) is 47.2 Å². The number of hydrogen-bond acceptors (Lipinski definition) is 4. The number of hydrogen-bond donors (Lipinski definition) is 1. The Hall–Kier alpha value is -2.17.